The summed E-state index contributed by atoms with van der Waals surface area (Å²) in [6.45, 7) is 1.23. The van der Waals surface area contributed by atoms with Crippen molar-refractivity contribution in [2.75, 3.05) is 18.4 Å². The van der Waals surface area contributed by atoms with Gasteiger partial charge in [0.15, 0.2) is 0 Å². The van der Waals surface area contributed by atoms with Gasteiger partial charge in [0.25, 0.3) is 5.91 Å². The highest BCUT2D eigenvalue weighted by atomic mass is 35.5. The van der Waals surface area contributed by atoms with Crippen molar-refractivity contribution >= 4 is 33.2 Å². The van der Waals surface area contributed by atoms with Crippen LogP contribution in [0.15, 0.2) is 29.3 Å². The number of aryl methyl sites for hydroxylation is 1. The van der Waals surface area contributed by atoms with Crippen molar-refractivity contribution in [2.45, 2.75) is 17.4 Å². The Balaban J connectivity index is 1.87. The first kappa shape index (κ1) is 20.3. The fraction of sp³-hybridized carbons (Fsp3) is 0.294. The standard InChI is InChI=1S/C17H17ClFN5O3S/c1-24-9-14(28(26,27)23-12-4-5-21-8-12)15(18)16(24)17(25)22-11-2-3-13(19)10(6-11)7-20/h2-3,6,9,12,21,23H,4-5,8H2,1H3,(H,22,25)/t12-/m1/s1. The molecule has 1 aliphatic heterocycles. The highest BCUT2D eigenvalue weighted by Gasteiger charge is 2.29. The highest BCUT2D eigenvalue weighted by molar-refractivity contribution is 7.89. The van der Waals surface area contributed by atoms with E-state index in [-0.39, 0.29) is 32.9 Å². The molecule has 28 heavy (non-hydrogen) atoms. The number of hydrogen-bond donors (Lipinski definition) is 3. The molecule has 2 aromatic rings. The van der Waals surface area contributed by atoms with Gasteiger partial charge in [0, 0.05) is 31.5 Å². The average Bonchev–Trinajstić information content (AvgIpc) is 3.23. The van der Waals surface area contributed by atoms with Crippen LogP contribution in [0.2, 0.25) is 5.02 Å². The number of halogens is 2. The second-order valence-electron chi connectivity index (χ2n) is 6.34. The fourth-order valence-electron chi connectivity index (χ4n) is 2.93. The maximum absolute atomic E-state index is 13.4. The molecule has 0 spiro atoms. The number of aromatic nitrogens is 1. The van der Waals surface area contributed by atoms with Crippen molar-refractivity contribution in [2.24, 2.45) is 7.05 Å². The second-order valence-corrected chi connectivity index (χ2v) is 8.40. The van der Waals surface area contributed by atoms with E-state index in [1.165, 1.54) is 29.9 Å². The summed E-state index contributed by atoms with van der Waals surface area (Å²) < 4.78 is 42.5. The summed E-state index contributed by atoms with van der Waals surface area (Å²) in [6, 6.07) is 4.95. The molecule has 0 bridgehead atoms. The molecule has 1 saturated heterocycles. The van der Waals surface area contributed by atoms with Crippen LogP contribution in [0.5, 0.6) is 0 Å². The predicted octanol–water partition coefficient (Wildman–Crippen LogP) is 1.58. The van der Waals surface area contributed by atoms with Gasteiger partial charge < -0.3 is 15.2 Å². The largest absolute Gasteiger partial charge is 0.344 e. The first-order valence-electron chi connectivity index (χ1n) is 8.32. The van der Waals surface area contributed by atoms with Crippen LogP contribution in [0, 0.1) is 17.1 Å². The van der Waals surface area contributed by atoms with E-state index in [0.29, 0.717) is 19.5 Å². The first-order chi connectivity index (χ1) is 13.2. The number of carbonyl (C=O) groups is 1. The van der Waals surface area contributed by atoms with Crippen molar-refractivity contribution in [3.8, 4) is 6.07 Å². The molecule has 3 N–H and O–H groups in total. The molecule has 0 aliphatic carbocycles. The highest BCUT2D eigenvalue weighted by Crippen LogP contribution is 2.28. The van der Waals surface area contributed by atoms with Crippen LogP contribution in [0.3, 0.4) is 0 Å². The summed E-state index contributed by atoms with van der Waals surface area (Å²) in [6.07, 6.45) is 1.91. The lowest BCUT2D eigenvalue weighted by Gasteiger charge is -2.11. The maximum atomic E-state index is 13.4. The van der Waals surface area contributed by atoms with Crippen LogP contribution >= 0.6 is 11.6 Å². The Kier molecular flexibility index (Phi) is 5.71. The van der Waals surface area contributed by atoms with Gasteiger partial charge in [-0.2, -0.15) is 5.26 Å². The van der Waals surface area contributed by atoms with E-state index in [0.717, 1.165) is 6.07 Å². The van der Waals surface area contributed by atoms with Gasteiger partial charge in [-0.25, -0.2) is 17.5 Å². The van der Waals surface area contributed by atoms with Crippen molar-refractivity contribution < 1.29 is 17.6 Å². The number of hydrogen-bond acceptors (Lipinski definition) is 5. The third-order valence-corrected chi connectivity index (χ3v) is 6.35. The summed E-state index contributed by atoms with van der Waals surface area (Å²) in [5.41, 5.74) is -0.123. The number of rotatable bonds is 5. The molecule has 1 aromatic heterocycles. The van der Waals surface area contributed by atoms with Crippen LogP contribution in [0.25, 0.3) is 0 Å². The summed E-state index contributed by atoms with van der Waals surface area (Å²) in [7, 11) is -2.43. The van der Waals surface area contributed by atoms with Gasteiger partial charge in [-0.3, -0.25) is 4.79 Å². The Bertz CT molecular complexity index is 1070. The Hall–Kier alpha value is -2.45. The summed E-state index contributed by atoms with van der Waals surface area (Å²) in [4.78, 5) is 12.4. The molecule has 1 atom stereocenters. The van der Waals surface area contributed by atoms with Crippen LogP contribution in [-0.2, 0) is 17.1 Å². The molecular formula is C17H17ClFN5O3S. The van der Waals surface area contributed by atoms with Crippen molar-refractivity contribution in [3.05, 3.63) is 46.5 Å². The smallest absolute Gasteiger partial charge is 0.273 e. The third-order valence-electron chi connectivity index (χ3n) is 4.32. The van der Waals surface area contributed by atoms with E-state index in [2.05, 4.69) is 15.4 Å². The molecule has 0 unspecified atom stereocenters. The van der Waals surface area contributed by atoms with Crippen LogP contribution in [0.1, 0.15) is 22.5 Å². The molecule has 11 heteroatoms. The van der Waals surface area contributed by atoms with Crippen molar-refractivity contribution in [1.82, 2.24) is 14.6 Å². The molecule has 1 amide bonds. The van der Waals surface area contributed by atoms with E-state index in [4.69, 9.17) is 16.9 Å². The molecule has 0 saturated carbocycles. The zero-order valence-electron chi connectivity index (χ0n) is 14.8. The summed E-state index contributed by atoms with van der Waals surface area (Å²) in [5.74, 6) is -1.40. The lowest BCUT2D eigenvalue weighted by atomic mass is 10.2. The van der Waals surface area contributed by atoms with Gasteiger partial charge in [0.1, 0.15) is 22.5 Å². The summed E-state index contributed by atoms with van der Waals surface area (Å²) in [5, 5.41) is 14.2. The molecule has 3 rings (SSSR count). The number of anilines is 1. The number of benzene rings is 1. The molecule has 2 heterocycles. The average molecular weight is 426 g/mol. The Morgan fingerprint density at radius 3 is 2.86 bits per heavy atom. The van der Waals surface area contributed by atoms with E-state index < -0.39 is 21.7 Å². The Morgan fingerprint density at radius 1 is 1.46 bits per heavy atom. The fourth-order valence-corrected chi connectivity index (χ4v) is 4.90. The predicted molar refractivity (Wildman–Crippen MR) is 101 cm³/mol. The molecular weight excluding hydrogens is 409 g/mol. The third kappa shape index (κ3) is 4.02. The number of nitrogens with one attached hydrogen (secondary N) is 3. The molecule has 1 fully saturated rings. The Morgan fingerprint density at radius 2 is 2.21 bits per heavy atom. The number of nitriles is 1. The van der Waals surface area contributed by atoms with Crippen molar-refractivity contribution in [3.63, 3.8) is 0 Å². The van der Waals surface area contributed by atoms with Gasteiger partial charge in [-0.1, -0.05) is 11.6 Å². The molecule has 1 aliphatic rings. The van der Waals surface area contributed by atoms with Gasteiger partial charge in [-0.15, -0.1) is 0 Å². The normalized spacial score (nSPS) is 16.7. The zero-order chi connectivity index (χ0) is 20.5. The molecule has 148 valence electrons. The first-order valence-corrected chi connectivity index (χ1v) is 10.2. The SMILES string of the molecule is Cn1cc(S(=O)(=O)N[C@@H]2CCNC2)c(Cl)c1C(=O)Nc1ccc(F)c(C#N)c1. The quantitative estimate of drug-likeness (QED) is 0.672. The van der Waals surface area contributed by atoms with Gasteiger partial charge >= 0.3 is 0 Å². The molecule has 1 aromatic carbocycles. The lowest BCUT2D eigenvalue weighted by Crippen LogP contribution is -2.36. The minimum Gasteiger partial charge on any atom is -0.344 e. The zero-order valence-corrected chi connectivity index (χ0v) is 16.4. The number of amides is 1. The second kappa shape index (κ2) is 7.89. The summed E-state index contributed by atoms with van der Waals surface area (Å²) >= 11 is 6.22. The van der Waals surface area contributed by atoms with Crippen LogP contribution in [-0.4, -0.2) is 38.0 Å². The molecule has 0 radical (unpaired) electrons. The van der Waals surface area contributed by atoms with E-state index >= 15 is 0 Å². The Labute approximate surface area is 166 Å². The maximum Gasteiger partial charge on any atom is 0.273 e. The number of nitrogens with zero attached hydrogens (tertiary/aromatic N) is 2. The van der Waals surface area contributed by atoms with Crippen LogP contribution < -0.4 is 15.4 Å². The topological polar surface area (TPSA) is 116 Å². The van der Waals surface area contributed by atoms with Gasteiger partial charge in [0.05, 0.1) is 10.6 Å². The number of carbonyl (C=O) groups excluding carboxylic acids is 1. The lowest BCUT2D eigenvalue weighted by molar-refractivity contribution is 0.101. The van der Waals surface area contributed by atoms with Crippen LogP contribution in [0.4, 0.5) is 10.1 Å². The van der Waals surface area contributed by atoms with E-state index in [9.17, 15) is 17.6 Å². The van der Waals surface area contributed by atoms with E-state index in [1.807, 2.05) is 0 Å². The van der Waals surface area contributed by atoms with Gasteiger partial charge in [0.2, 0.25) is 10.0 Å². The van der Waals surface area contributed by atoms with E-state index in [1.54, 1.807) is 6.07 Å². The van der Waals surface area contributed by atoms with Crippen molar-refractivity contribution in [1.29, 1.82) is 5.26 Å². The number of sulfonamides is 1. The molecule has 8 nitrogen and oxygen atoms in total. The monoisotopic (exact) mass is 425 g/mol. The van der Waals surface area contributed by atoms with Gasteiger partial charge in [-0.05, 0) is 31.2 Å². The minimum absolute atomic E-state index is 0.0746. The minimum atomic E-state index is -3.91.